The smallest absolute Gasteiger partial charge is 0.328 e. The van der Waals surface area contributed by atoms with Crippen molar-refractivity contribution < 1.29 is 9.90 Å². The molecule has 1 N–H and O–H groups in total. The zero-order valence-corrected chi connectivity index (χ0v) is 9.57. The zero-order valence-electron chi connectivity index (χ0n) is 8.82. The van der Waals surface area contributed by atoms with E-state index in [0.717, 1.165) is 29.9 Å². The highest BCUT2D eigenvalue weighted by molar-refractivity contribution is 6.30. The summed E-state index contributed by atoms with van der Waals surface area (Å²) >= 11 is 5.94. The molecule has 0 amide bonds. The van der Waals surface area contributed by atoms with Gasteiger partial charge in [-0.15, -0.1) is 0 Å². The predicted octanol–water partition coefficient (Wildman–Crippen LogP) is 3.62. The van der Waals surface area contributed by atoms with Crippen LogP contribution in [-0.2, 0) is 4.79 Å². The Morgan fingerprint density at radius 2 is 2.31 bits per heavy atom. The third-order valence-electron chi connectivity index (χ3n) is 2.97. The predicted molar refractivity (Wildman–Crippen MR) is 63.8 cm³/mol. The molecule has 1 atom stereocenters. The summed E-state index contributed by atoms with van der Waals surface area (Å²) in [5, 5.41) is 9.42. The topological polar surface area (TPSA) is 37.3 Å². The van der Waals surface area contributed by atoms with Crippen LogP contribution in [0.1, 0.15) is 30.7 Å². The lowest BCUT2D eigenvalue weighted by Gasteiger charge is -2.08. The minimum Gasteiger partial charge on any atom is -0.478 e. The third-order valence-corrected chi connectivity index (χ3v) is 3.21. The van der Waals surface area contributed by atoms with Gasteiger partial charge < -0.3 is 5.11 Å². The Balaban J connectivity index is 2.12. The van der Waals surface area contributed by atoms with Gasteiger partial charge in [0.05, 0.1) is 0 Å². The van der Waals surface area contributed by atoms with Gasteiger partial charge in [0.25, 0.3) is 0 Å². The number of carboxylic acid groups (broad SMARTS) is 1. The van der Waals surface area contributed by atoms with Crippen molar-refractivity contribution in [3.8, 4) is 0 Å². The second kappa shape index (κ2) is 4.71. The summed E-state index contributed by atoms with van der Waals surface area (Å²) in [6.07, 6.45) is 4.07. The van der Waals surface area contributed by atoms with Crippen molar-refractivity contribution in [3.05, 3.63) is 46.5 Å². The van der Waals surface area contributed by atoms with E-state index in [1.807, 2.05) is 18.2 Å². The summed E-state index contributed by atoms with van der Waals surface area (Å²) in [6.45, 7) is 0. The number of rotatable bonds is 2. The Hall–Kier alpha value is -1.28. The Labute approximate surface area is 99.5 Å². The number of hydrogen-bond acceptors (Lipinski definition) is 1. The summed E-state index contributed by atoms with van der Waals surface area (Å²) in [5.41, 5.74) is 2.23. The lowest BCUT2D eigenvalue weighted by molar-refractivity contribution is -0.131. The van der Waals surface area contributed by atoms with Crippen molar-refractivity contribution in [2.45, 2.75) is 25.2 Å². The summed E-state index contributed by atoms with van der Waals surface area (Å²) < 4.78 is 0. The molecule has 84 valence electrons. The molecule has 0 bridgehead atoms. The molecule has 0 heterocycles. The van der Waals surface area contributed by atoms with Crippen molar-refractivity contribution in [3.63, 3.8) is 0 Å². The molecule has 0 saturated heterocycles. The van der Waals surface area contributed by atoms with Gasteiger partial charge in [-0.1, -0.05) is 29.3 Å². The van der Waals surface area contributed by atoms with Crippen LogP contribution in [0.25, 0.3) is 0 Å². The van der Waals surface area contributed by atoms with E-state index in [4.69, 9.17) is 16.7 Å². The molecular weight excluding hydrogens is 224 g/mol. The van der Waals surface area contributed by atoms with E-state index in [9.17, 15) is 4.79 Å². The molecule has 1 aromatic rings. The highest BCUT2D eigenvalue weighted by atomic mass is 35.5. The van der Waals surface area contributed by atoms with Crippen LogP contribution in [0.2, 0.25) is 5.02 Å². The van der Waals surface area contributed by atoms with E-state index in [0.29, 0.717) is 5.92 Å². The van der Waals surface area contributed by atoms with Gasteiger partial charge in [-0.2, -0.15) is 0 Å². The van der Waals surface area contributed by atoms with E-state index < -0.39 is 5.97 Å². The Morgan fingerprint density at radius 1 is 1.50 bits per heavy atom. The Kier molecular flexibility index (Phi) is 3.30. The van der Waals surface area contributed by atoms with Crippen LogP contribution in [0, 0.1) is 0 Å². The lowest BCUT2D eigenvalue weighted by Crippen LogP contribution is -1.92. The molecule has 1 aliphatic rings. The van der Waals surface area contributed by atoms with E-state index in [1.54, 1.807) is 0 Å². The first-order chi connectivity index (χ1) is 7.65. The number of carboxylic acids is 1. The van der Waals surface area contributed by atoms with E-state index in [2.05, 4.69) is 6.07 Å². The van der Waals surface area contributed by atoms with Crippen LogP contribution in [0.3, 0.4) is 0 Å². The Bertz CT molecular complexity index is 437. The fraction of sp³-hybridized carbons (Fsp3) is 0.308. The molecule has 0 spiro atoms. The lowest BCUT2D eigenvalue weighted by atomic mass is 9.97. The van der Waals surface area contributed by atoms with Gasteiger partial charge in [0, 0.05) is 11.1 Å². The van der Waals surface area contributed by atoms with Gasteiger partial charge in [0.15, 0.2) is 0 Å². The fourth-order valence-corrected chi connectivity index (χ4v) is 2.43. The minimum absolute atomic E-state index is 0.421. The molecule has 1 fully saturated rings. The average molecular weight is 237 g/mol. The van der Waals surface area contributed by atoms with Crippen molar-refractivity contribution in [2.75, 3.05) is 0 Å². The van der Waals surface area contributed by atoms with Crippen molar-refractivity contribution in [1.29, 1.82) is 0 Å². The van der Waals surface area contributed by atoms with Gasteiger partial charge in [0.2, 0.25) is 0 Å². The first kappa shape index (κ1) is 11.2. The molecule has 0 radical (unpaired) electrons. The van der Waals surface area contributed by atoms with E-state index >= 15 is 0 Å². The van der Waals surface area contributed by atoms with Crippen LogP contribution in [0.15, 0.2) is 35.9 Å². The first-order valence-electron chi connectivity index (χ1n) is 5.33. The maximum Gasteiger partial charge on any atom is 0.328 e. The normalized spacial score (nSPS) is 22.6. The number of halogens is 1. The van der Waals surface area contributed by atoms with Gasteiger partial charge in [-0.05, 0) is 42.9 Å². The Morgan fingerprint density at radius 3 is 3.00 bits per heavy atom. The number of carbonyl (C=O) groups is 1. The van der Waals surface area contributed by atoms with Crippen molar-refractivity contribution >= 4 is 17.6 Å². The van der Waals surface area contributed by atoms with E-state index in [1.165, 1.54) is 11.6 Å². The maximum atomic E-state index is 10.6. The van der Waals surface area contributed by atoms with Crippen LogP contribution >= 0.6 is 11.6 Å². The van der Waals surface area contributed by atoms with Crippen molar-refractivity contribution in [1.82, 2.24) is 0 Å². The molecule has 16 heavy (non-hydrogen) atoms. The third kappa shape index (κ3) is 2.64. The molecule has 2 nitrogen and oxygen atoms in total. The second-order valence-electron chi connectivity index (χ2n) is 4.14. The minimum atomic E-state index is -0.846. The molecular formula is C13H13ClO2. The zero-order chi connectivity index (χ0) is 11.5. The molecule has 2 rings (SSSR count). The van der Waals surface area contributed by atoms with Crippen LogP contribution in [-0.4, -0.2) is 11.1 Å². The largest absolute Gasteiger partial charge is 0.478 e. The van der Waals surface area contributed by atoms with Crippen LogP contribution in [0.5, 0.6) is 0 Å². The SMILES string of the molecule is O=C(O)/C=C1\CCC(c2cccc(Cl)c2)C1. The summed E-state index contributed by atoms with van der Waals surface area (Å²) in [4.78, 5) is 10.6. The highest BCUT2D eigenvalue weighted by Crippen LogP contribution is 2.38. The standard InChI is InChI=1S/C13H13ClO2/c14-12-3-1-2-10(8-12)11-5-4-9(6-11)7-13(15)16/h1-3,7-8,11H,4-6H2,(H,15,16)/b9-7+. The van der Waals surface area contributed by atoms with Gasteiger partial charge in [0.1, 0.15) is 0 Å². The molecule has 1 aromatic carbocycles. The second-order valence-corrected chi connectivity index (χ2v) is 4.57. The van der Waals surface area contributed by atoms with Crippen LogP contribution in [0.4, 0.5) is 0 Å². The molecule has 0 aliphatic heterocycles. The number of aliphatic carboxylic acids is 1. The quantitative estimate of drug-likeness (QED) is 0.797. The number of allylic oxidation sites excluding steroid dienone is 1. The maximum absolute atomic E-state index is 10.6. The number of benzene rings is 1. The molecule has 1 saturated carbocycles. The number of hydrogen-bond donors (Lipinski definition) is 1. The summed E-state index contributed by atoms with van der Waals surface area (Å²) in [7, 11) is 0. The highest BCUT2D eigenvalue weighted by Gasteiger charge is 2.21. The van der Waals surface area contributed by atoms with Gasteiger partial charge in [-0.25, -0.2) is 4.79 Å². The average Bonchev–Trinajstić information content (AvgIpc) is 2.65. The molecule has 1 aliphatic carbocycles. The summed E-state index contributed by atoms with van der Waals surface area (Å²) in [5.74, 6) is -0.425. The van der Waals surface area contributed by atoms with Crippen molar-refractivity contribution in [2.24, 2.45) is 0 Å². The monoisotopic (exact) mass is 236 g/mol. The van der Waals surface area contributed by atoms with E-state index in [-0.39, 0.29) is 0 Å². The molecule has 0 aromatic heterocycles. The fourth-order valence-electron chi connectivity index (χ4n) is 2.23. The van der Waals surface area contributed by atoms with Crippen LogP contribution < -0.4 is 0 Å². The van der Waals surface area contributed by atoms with Gasteiger partial charge in [-0.3, -0.25) is 0 Å². The molecule has 3 heteroatoms. The summed E-state index contributed by atoms with van der Waals surface area (Å²) in [6, 6.07) is 7.82. The molecule has 1 unspecified atom stereocenters. The van der Waals surface area contributed by atoms with Gasteiger partial charge >= 0.3 is 5.97 Å². The first-order valence-corrected chi connectivity index (χ1v) is 5.71.